The summed E-state index contributed by atoms with van der Waals surface area (Å²) in [5.74, 6) is 0.732. The van der Waals surface area contributed by atoms with Crippen LogP contribution in [-0.2, 0) is 5.41 Å². The Morgan fingerprint density at radius 2 is 1.01 bits per heavy atom. The monoisotopic (exact) mass is 878 g/mol. The molecule has 0 saturated carbocycles. The van der Waals surface area contributed by atoms with Gasteiger partial charge in [0.25, 0.3) is 0 Å². The number of fused-ring (bicyclic) bond motifs is 14. The molecule has 4 heteroatoms. The van der Waals surface area contributed by atoms with Crippen molar-refractivity contribution >= 4 is 86.8 Å². The van der Waals surface area contributed by atoms with Gasteiger partial charge in [0.15, 0.2) is 5.82 Å². The molecule has 0 spiro atoms. The number of rotatable bonds is 4. The van der Waals surface area contributed by atoms with E-state index in [9.17, 15) is 0 Å². The lowest BCUT2D eigenvalue weighted by Gasteiger charge is -2.22. The Morgan fingerprint density at radius 3 is 1.87 bits per heavy atom. The molecule has 15 rings (SSSR count). The quantitative estimate of drug-likeness (QED) is 0.177. The first kappa shape index (κ1) is 38.3. The summed E-state index contributed by atoms with van der Waals surface area (Å²) in [5.41, 5.74) is 16.2. The van der Waals surface area contributed by atoms with Crippen LogP contribution in [0.3, 0.4) is 0 Å². The van der Waals surface area contributed by atoms with Crippen LogP contribution in [0.5, 0.6) is 0 Å². The lowest BCUT2D eigenvalue weighted by atomic mass is 9.82. The van der Waals surface area contributed by atoms with Gasteiger partial charge in [0.1, 0.15) is 0 Å². The number of hydrogen-bond acceptors (Lipinski definition) is 2. The lowest BCUT2D eigenvalue weighted by Crippen LogP contribution is -2.15. The third-order valence-electron chi connectivity index (χ3n) is 15.3. The van der Waals surface area contributed by atoms with Gasteiger partial charge in [-0.15, -0.1) is 0 Å². The standard InChI is InChI=1S/C65H42N4/c1-65(2)55-23-11-7-18-46(55)47-31-29-41(37-56(47)65)64-66-57-24-12-8-22-53(57)62(67-64)51-33-34-60(48-19-6-5-17-45(48)51)69-59-26-14-10-21-50(59)54-36-42-35-43(30-27-40(42)38-61(54)69)68-58-25-13-9-20-49(58)52-32-28-39-15-3-4-16-44(39)63(52)68/h3-38H,1-2H3. The van der Waals surface area contributed by atoms with Crippen molar-refractivity contribution in [1.29, 1.82) is 0 Å². The first-order valence-electron chi connectivity index (χ1n) is 23.9. The Kier molecular flexibility index (Phi) is 7.81. The van der Waals surface area contributed by atoms with Gasteiger partial charge in [-0.3, -0.25) is 0 Å². The Balaban J connectivity index is 0.909. The topological polar surface area (TPSA) is 35.6 Å². The van der Waals surface area contributed by atoms with Gasteiger partial charge in [0.2, 0.25) is 0 Å². The van der Waals surface area contributed by atoms with Crippen LogP contribution < -0.4 is 0 Å². The molecule has 3 aromatic heterocycles. The molecule has 1 aliphatic rings. The van der Waals surface area contributed by atoms with E-state index in [1.165, 1.54) is 87.4 Å². The van der Waals surface area contributed by atoms with Crippen LogP contribution in [0.15, 0.2) is 218 Å². The zero-order valence-corrected chi connectivity index (χ0v) is 38.1. The second-order valence-corrected chi connectivity index (χ2v) is 19.3. The predicted octanol–water partition coefficient (Wildman–Crippen LogP) is 16.9. The molecule has 0 fully saturated rings. The van der Waals surface area contributed by atoms with Gasteiger partial charge in [-0.25, -0.2) is 9.97 Å². The van der Waals surface area contributed by atoms with E-state index in [1.54, 1.807) is 0 Å². The van der Waals surface area contributed by atoms with Gasteiger partial charge < -0.3 is 9.13 Å². The zero-order chi connectivity index (χ0) is 45.5. The fraction of sp³-hybridized carbons (Fsp3) is 0.0462. The van der Waals surface area contributed by atoms with Gasteiger partial charge in [-0.05, 0) is 98.4 Å². The minimum absolute atomic E-state index is 0.126. The summed E-state index contributed by atoms with van der Waals surface area (Å²) in [6.07, 6.45) is 0. The molecule has 0 radical (unpaired) electrons. The Bertz CT molecular complexity index is 4530. The second-order valence-electron chi connectivity index (χ2n) is 19.3. The second kappa shape index (κ2) is 14.1. The highest BCUT2D eigenvalue weighted by Gasteiger charge is 2.35. The van der Waals surface area contributed by atoms with E-state index in [0.29, 0.717) is 0 Å². The molecule has 0 bridgehead atoms. The predicted molar refractivity (Wildman–Crippen MR) is 289 cm³/mol. The van der Waals surface area contributed by atoms with Crippen LogP contribution in [0.2, 0.25) is 0 Å². The van der Waals surface area contributed by atoms with Crippen LogP contribution >= 0.6 is 0 Å². The molecule has 4 nitrogen and oxygen atoms in total. The molecule has 0 saturated heterocycles. The van der Waals surface area contributed by atoms with E-state index in [4.69, 9.17) is 9.97 Å². The Labute approximate surface area is 398 Å². The van der Waals surface area contributed by atoms with Crippen molar-refractivity contribution in [1.82, 2.24) is 19.1 Å². The average molecular weight is 879 g/mol. The fourth-order valence-corrected chi connectivity index (χ4v) is 12.0. The molecular weight excluding hydrogens is 837 g/mol. The van der Waals surface area contributed by atoms with Gasteiger partial charge in [0.05, 0.1) is 39.0 Å². The number of nitrogens with zero attached hydrogens (tertiary/aromatic N) is 4. The zero-order valence-electron chi connectivity index (χ0n) is 38.1. The van der Waals surface area contributed by atoms with Crippen molar-refractivity contribution in [3.63, 3.8) is 0 Å². The molecule has 0 amide bonds. The molecule has 322 valence electrons. The minimum atomic E-state index is -0.126. The van der Waals surface area contributed by atoms with Crippen molar-refractivity contribution in [3.05, 3.63) is 230 Å². The number of hydrogen-bond donors (Lipinski definition) is 0. The summed E-state index contributed by atoms with van der Waals surface area (Å²) in [4.78, 5) is 10.7. The minimum Gasteiger partial charge on any atom is -0.309 e. The van der Waals surface area contributed by atoms with Crippen molar-refractivity contribution in [2.75, 3.05) is 0 Å². The highest BCUT2D eigenvalue weighted by Crippen LogP contribution is 2.50. The van der Waals surface area contributed by atoms with E-state index >= 15 is 0 Å². The molecule has 0 N–H and O–H groups in total. The summed E-state index contributed by atoms with van der Waals surface area (Å²) >= 11 is 0. The fourth-order valence-electron chi connectivity index (χ4n) is 12.0. The lowest BCUT2D eigenvalue weighted by molar-refractivity contribution is 0.660. The molecule has 0 atom stereocenters. The molecule has 1 aliphatic carbocycles. The van der Waals surface area contributed by atoms with E-state index < -0.39 is 0 Å². The van der Waals surface area contributed by atoms with E-state index in [-0.39, 0.29) is 5.41 Å². The highest BCUT2D eigenvalue weighted by atomic mass is 15.0. The number of para-hydroxylation sites is 3. The summed E-state index contributed by atoms with van der Waals surface area (Å²) in [5, 5.41) is 13.2. The smallest absolute Gasteiger partial charge is 0.160 e. The van der Waals surface area contributed by atoms with Crippen molar-refractivity contribution in [3.8, 4) is 45.1 Å². The Morgan fingerprint density at radius 1 is 0.362 bits per heavy atom. The van der Waals surface area contributed by atoms with Crippen molar-refractivity contribution in [2.45, 2.75) is 19.3 Å². The van der Waals surface area contributed by atoms with Crippen LogP contribution in [0, 0.1) is 0 Å². The van der Waals surface area contributed by atoms with Crippen LogP contribution in [0.1, 0.15) is 25.0 Å². The van der Waals surface area contributed by atoms with Crippen LogP contribution in [-0.4, -0.2) is 19.1 Å². The molecule has 14 aromatic rings. The van der Waals surface area contributed by atoms with E-state index in [1.807, 2.05) is 0 Å². The maximum Gasteiger partial charge on any atom is 0.160 e. The third kappa shape index (κ3) is 5.40. The molecule has 0 unspecified atom stereocenters. The maximum atomic E-state index is 5.49. The first-order valence-corrected chi connectivity index (χ1v) is 23.9. The number of aromatic nitrogens is 4. The van der Waals surface area contributed by atoms with Gasteiger partial charge in [-0.1, -0.05) is 178 Å². The summed E-state index contributed by atoms with van der Waals surface area (Å²) in [6.45, 7) is 4.65. The summed E-state index contributed by atoms with van der Waals surface area (Å²) in [7, 11) is 0. The first-order chi connectivity index (χ1) is 34.0. The third-order valence-corrected chi connectivity index (χ3v) is 15.3. The Hall–Kier alpha value is -8.86. The van der Waals surface area contributed by atoms with Crippen molar-refractivity contribution < 1.29 is 0 Å². The van der Waals surface area contributed by atoms with E-state index in [0.717, 1.165) is 55.7 Å². The largest absolute Gasteiger partial charge is 0.309 e. The number of benzene rings is 11. The molecule has 69 heavy (non-hydrogen) atoms. The molecule has 0 aliphatic heterocycles. The van der Waals surface area contributed by atoms with Crippen molar-refractivity contribution in [2.24, 2.45) is 0 Å². The molecule has 3 heterocycles. The van der Waals surface area contributed by atoms with Crippen LogP contribution in [0.4, 0.5) is 0 Å². The molecular formula is C65H42N4. The van der Waals surface area contributed by atoms with Gasteiger partial charge in [-0.2, -0.15) is 0 Å². The summed E-state index contributed by atoms with van der Waals surface area (Å²) < 4.78 is 4.93. The maximum absolute atomic E-state index is 5.49. The highest BCUT2D eigenvalue weighted by molar-refractivity contribution is 6.19. The molecule has 11 aromatic carbocycles. The van der Waals surface area contributed by atoms with Gasteiger partial charge in [0, 0.05) is 59.9 Å². The average Bonchev–Trinajstić information content (AvgIpc) is 3.99. The van der Waals surface area contributed by atoms with Crippen LogP contribution in [0.25, 0.3) is 132 Å². The van der Waals surface area contributed by atoms with E-state index in [2.05, 4.69) is 241 Å². The SMILES string of the molecule is CC1(C)c2ccccc2-c2ccc(-c3nc(-c4ccc(-n5c6ccccc6c6cc7cc(-n8c9ccccc9c9ccc%10ccccc%10c98)ccc7cc65)c5ccccc45)c4ccccc4n3)cc21. The van der Waals surface area contributed by atoms with Gasteiger partial charge >= 0.3 is 0 Å². The summed E-state index contributed by atoms with van der Waals surface area (Å²) in [6, 6.07) is 80.1. The normalized spacial score (nSPS) is 13.2.